The van der Waals surface area contributed by atoms with E-state index in [0.29, 0.717) is 5.56 Å². The van der Waals surface area contributed by atoms with Crippen LogP contribution in [0.3, 0.4) is 0 Å². The fourth-order valence-corrected chi connectivity index (χ4v) is 5.78. The average Bonchev–Trinajstić information content (AvgIpc) is 3.04. The molecule has 5 atom stereocenters. The van der Waals surface area contributed by atoms with Crippen LogP contribution in [0.25, 0.3) is 0 Å². The summed E-state index contributed by atoms with van der Waals surface area (Å²) in [4.78, 5) is 48.3. The Labute approximate surface area is 205 Å². The van der Waals surface area contributed by atoms with Gasteiger partial charge in [-0.05, 0) is 23.8 Å². The number of nitrogens with one attached hydrogen (secondary N) is 1. The Balaban J connectivity index is 1.58. The lowest BCUT2D eigenvalue weighted by Crippen LogP contribution is -2.36. The van der Waals surface area contributed by atoms with Crippen LogP contribution in [0.4, 0.5) is 19.0 Å². The molecule has 14 nitrogen and oxygen atoms in total. The molecule has 1 aliphatic rings. The molecule has 0 spiro atoms. The number of aromatic nitrogens is 2. The number of halogens is 3. The molecule has 1 saturated heterocycles. The lowest BCUT2D eigenvalue weighted by atomic mass is 10.1. The van der Waals surface area contributed by atoms with E-state index >= 15 is 0 Å². The lowest BCUT2D eigenvalue weighted by Gasteiger charge is -2.18. The third-order valence-electron chi connectivity index (χ3n) is 4.94. The highest BCUT2D eigenvalue weighted by molar-refractivity contribution is 7.70. The minimum Gasteiger partial charge on any atom is -0.387 e. The van der Waals surface area contributed by atoms with Gasteiger partial charge in [-0.25, -0.2) is 10.3 Å². The fourth-order valence-electron chi connectivity index (χ4n) is 3.21. The monoisotopic (exact) mass is 575 g/mol. The SMILES string of the molecule is O=c1nc(NOCc2ccc(C(F)(F)F)cc2)ccn1[C@@H]1O[C@H](COP(=O)(O)CP(=O)(O)O)C(O)C1O. The minimum absolute atomic E-state index is 0.0975. The van der Waals surface area contributed by atoms with E-state index in [1.54, 1.807) is 0 Å². The maximum atomic E-state index is 12.6. The molecule has 0 bridgehead atoms. The normalized spacial score (nSPS) is 24.1. The van der Waals surface area contributed by atoms with E-state index < -0.39 is 69.7 Å². The Bertz CT molecular complexity index is 1240. The second kappa shape index (κ2) is 11.3. The summed E-state index contributed by atoms with van der Waals surface area (Å²) >= 11 is 0. The summed E-state index contributed by atoms with van der Waals surface area (Å²) in [6.07, 6.45) is -9.69. The highest BCUT2D eigenvalue weighted by atomic mass is 31.2. The van der Waals surface area contributed by atoms with Gasteiger partial charge in [-0.3, -0.25) is 18.5 Å². The van der Waals surface area contributed by atoms with Crippen molar-refractivity contribution in [2.75, 3.05) is 18.0 Å². The topological polar surface area (TPSA) is 210 Å². The molecule has 2 aromatic rings. The van der Waals surface area contributed by atoms with E-state index in [-0.39, 0.29) is 12.4 Å². The summed E-state index contributed by atoms with van der Waals surface area (Å²) in [5.41, 5.74) is 0.935. The first-order chi connectivity index (χ1) is 17.1. The molecule has 3 unspecified atom stereocenters. The van der Waals surface area contributed by atoms with Crippen molar-refractivity contribution in [1.29, 1.82) is 0 Å². The minimum atomic E-state index is -4.88. The maximum Gasteiger partial charge on any atom is 0.416 e. The Kier molecular flexibility index (Phi) is 8.97. The average molecular weight is 575 g/mol. The van der Waals surface area contributed by atoms with Gasteiger partial charge in [0.1, 0.15) is 18.3 Å². The van der Waals surface area contributed by atoms with Crippen LogP contribution in [0.2, 0.25) is 0 Å². The molecule has 1 aromatic heterocycles. The van der Waals surface area contributed by atoms with Crippen molar-refractivity contribution in [2.24, 2.45) is 0 Å². The van der Waals surface area contributed by atoms with Crippen molar-refractivity contribution in [2.45, 2.75) is 37.3 Å². The molecule has 1 aliphatic heterocycles. The van der Waals surface area contributed by atoms with Crippen LogP contribution in [0.15, 0.2) is 41.3 Å². The van der Waals surface area contributed by atoms with Gasteiger partial charge < -0.3 is 34.2 Å². The van der Waals surface area contributed by atoms with Gasteiger partial charge in [0.15, 0.2) is 17.9 Å². The van der Waals surface area contributed by atoms with Gasteiger partial charge in [0.2, 0.25) is 0 Å². The number of rotatable bonds is 10. The second-order valence-electron chi connectivity index (χ2n) is 7.87. The van der Waals surface area contributed by atoms with Gasteiger partial charge in [-0.2, -0.15) is 18.2 Å². The molecular weight excluding hydrogens is 553 g/mol. The third kappa shape index (κ3) is 8.15. The highest BCUT2D eigenvalue weighted by Gasteiger charge is 2.45. The van der Waals surface area contributed by atoms with Crippen molar-refractivity contribution in [3.63, 3.8) is 0 Å². The smallest absolute Gasteiger partial charge is 0.387 e. The zero-order valence-electron chi connectivity index (χ0n) is 18.5. The number of aliphatic hydroxyl groups excluding tert-OH is 2. The Morgan fingerprint density at radius 1 is 1.08 bits per heavy atom. The van der Waals surface area contributed by atoms with Crippen LogP contribution < -0.4 is 11.2 Å². The number of alkyl halides is 3. The van der Waals surface area contributed by atoms with Crippen LogP contribution in [-0.4, -0.2) is 65.3 Å². The molecule has 206 valence electrons. The van der Waals surface area contributed by atoms with Crippen LogP contribution in [0.1, 0.15) is 17.4 Å². The Hall–Kier alpha value is -2.17. The molecule has 6 N–H and O–H groups in total. The molecule has 0 aliphatic carbocycles. The fraction of sp³-hybridized carbons (Fsp3) is 0.444. The maximum absolute atomic E-state index is 12.6. The molecule has 0 amide bonds. The first-order valence-corrected chi connectivity index (χ1v) is 13.8. The molecule has 0 saturated carbocycles. The Morgan fingerprint density at radius 3 is 2.30 bits per heavy atom. The molecule has 2 heterocycles. The van der Waals surface area contributed by atoms with Crippen molar-refractivity contribution in [3.05, 3.63) is 58.1 Å². The molecule has 0 radical (unpaired) electrons. The standard InChI is InChI=1S/C18H22F3N3O11P2/c19-18(20,21)11-3-1-10(2-4-11)7-33-23-13-5-6-24(17(27)22-13)16-15(26)14(25)12(35-16)8-34-37(31,32)9-36(28,29)30/h1-6,12,14-16,25-26H,7-9H2,(H,31,32)(H,22,23,27)(H2,28,29,30)/t12-,14?,15?,16-/m1/s1. The second-order valence-corrected chi connectivity index (χ2v) is 11.9. The van der Waals surface area contributed by atoms with Crippen LogP contribution in [0, 0.1) is 0 Å². The summed E-state index contributed by atoms with van der Waals surface area (Å²) in [5.74, 6) is -1.56. The van der Waals surface area contributed by atoms with Gasteiger partial charge in [-0.1, -0.05) is 12.1 Å². The number of anilines is 1. The largest absolute Gasteiger partial charge is 0.416 e. The van der Waals surface area contributed by atoms with Crippen molar-refractivity contribution < 1.29 is 61.3 Å². The van der Waals surface area contributed by atoms with Crippen LogP contribution in [-0.2, 0) is 36.0 Å². The molecular formula is C18H22F3N3O11P2. The summed E-state index contributed by atoms with van der Waals surface area (Å²) in [7, 11) is -9.64. The van der Waals surface area contributed by atoms with Crippen LogP contribution in [0.5, 0.6) is 0 Å². The van der Waals surface area contributed by atoms with Gasteiger partial charge in [0.05, 0.1) is 18.8 Å². The van der Waals surface area contributed by atoms with E-state index in [1.807, 2.05) is 0 Å². The van der Waals surface area contributed by atoms with E-state index in [9.17, 15) is 42.2 Å². The quantitative estimate of drug-likeness (QED) is 0.171. The summed E-state index contributed by atoms with van der Waals surface area (Å²) in [5, 5.41) is 20.4. The molecule has 1 aromatic carbocycles. The zero-order chi connectivity index (χ0) is 27.6. The van der Waals surface area contributed by atoms with Crippen molar-refractivity contribution >= 4 is 21.0 Å². The number of benzene rings is 1. The zero-order valence-corrected chi connectivity index (χ0v) is 20.3. The number of nitrogens with zero attached hydrogens (tertiary/aromatic N) is 2. The van der Waals surface area contributed by atoms with E-state index in [1.165, 1.54) is 18.2 Å². The summed E-state index contributed by atoms with van der Waals surface area (Å²) in [6.45, 7) is -1.000. The molecule has 19 heteroatoms. The third-order valence-corrected chi connectivity index (χ3v) is 8.40. The van der Waals surface area contributed by atoms with Gasteiger partial charge in [-0.15, -0.1) is 0 Å². The molecule has 1 fully saturated rings. The Morgan fingerprint density at radius 2 is 1.73 bits per heavy atom. The lowest BCUT2D eigenvalue weighted by molar-refractivity contribution is -0.137. The highest BCUT2D eigenvalue weighted by Crippen LogP contribution is 2.55. The van der Waals surface area contributed by atoms with Crippen molar-refractivity contribution in [1.82, 2.24) is 9.55 Å². The van der Waals surface area contributed by atoms with Gasteiger partial charge in [0, 0.05) is 6.20 Å². The number of hydrogen-bond acceptors (Lipinski definition) is 10. The van der Waals surface area contributed by atoms with E-state index in [4.69, 9.17) is 19.4 Å². The number of hydrogen-bond donors (Lipinski definition) is 6. The summed E-state index contributed by atoms with van der Waals surface area (Å²) < 4.78 is 71.2. The first kappa shape index (κ1) is 29.4. The van der Waals surface area contributed by atoms with Crippen molar-refractivity contribution in [3.8, 4) is 0 Å². The molecule has 37 heavy (non-hydrogen) atoms. The predicted octanol–water partition coefficient (Wildman–Crippen LogP) is 0.762. The predicted molar refractivity (Wildman–Crippen MR) is 117 cm³/mol. The number of ether oxygens (including phenoxy) is 1. The van der Waals surface area contributed by atoms with Crippen LogP contribution >= 0.6 is 15.2 Å². The molecule has 3 rings (SSSR count). The number of aliphatic hydroxyl groups is 2. The van der Waals surface area contributed by atoms with E-state index in [0.717, 1.165) is 22.9 Å². The first-order valence-electron chi connectivity index (χ1n) is 10.2. The van der Waals surface area contributed by atoms with E-state index in [2.05, 4.69) is 15.0 Å². The summed E-state index contributed by atoms with van der Waals surface area (Å²) in [6, 6.07) is 5.41. The van der Waals surface area contributed by atoms with Gasteiger partial charge >= 0.3 is 27.1 Å². The van der Waals surface area contributed by atoms with Gasteiger partial charge in [0.25, 0.3) is 0 Å².